The van der Waals surface area contributed by atoms with Gasteiger partial charge in [-0.15, -0.1) is 0 Å². The Labute approximate surface area is 183 Å². The molecule has 1 aliphatic carbocycles. The van der Waals surface area contributed by atoms with Gasteiger partial charge in [0.25, 0.3) is 0 Å². The molecule has 2 aromatic carbocycles. The highest BCUT2D eigenvalue weighted by molar-refractivity contribution is 6.00. The van der Waals surface area contributed by atoms with E-state index in [0.717, 1.165) is 31.6 Å². The second-order valence-corrected chi connectivity index (χ2v) is 8.81. The average Bonchev–Trinajstić information content (AvgIpc) is 3.34. The minimum absolute atomic E-state index is 0.00501. The number of nitrogens with zero attached hydrogens (tertiary/aromatic N) is 2. The SMILES string of the molecule is C[C@H](c1cccc2ccccc12)N([C@H]1CCNC1)C1(C2=NNC(=O)CC2)C=CC=CC1. The van der Waals surface area contributed by atoms with Gasteiger partial charge in [0.15, 0.2) is 0 Å². The topological polar surface area (TPSA) is 56.7 Å². The standard InChI is InChI=1S/C26H30N4O/c1-19(22-11-7-9-20-8-3-4-10-23(20)22)30(21-14-17-27-18-21)26(15-5-2-6-16-26)24-12-13-25(31)29-28-24/h2-11,15,19,21,27H,12-14,16-18H2,1H3,(H,29,31)/t19-,21+,26?/m1/s1. The van der Waals surface area contributed by atoms with Gasteiger partial charge in [0.1, 0.15) is 0 Å². The largest absolute Gasteiger partial charge is 0.315 e. The van der Waals surface area contributed by atoms with Gasteiger partial charge in [-0.05, 0) is 49.1 Å². The number of hydrogen-bond acceptors (Lipinski definition) is 4. The second-order valence-electron chi connectivity index (χ2n) is 8.81. The summed E-state index contributed by atoms with van der Waals surface area (Å²) in [5, 5.41) is 10.7. The van der Waals surface area contributed by atoms with E-state index in [1.54, 1.807) is 0 Å². The number of rotatable bonds is 5. The van der Waals surface area contributed by atoms with Gasteiger partial charge >= 0.3 is 0 Å². The summed E-state index contributed by atoms with van der Waals surface area (Å²) in [6.45, 7) is 4.33. The van der Waals surface area contributed by atoms with Crippen molar-refractivity contribution >= 4 is 22.4 Å². The zero-order chi connectivity index (χ0) is 21.3. The summed E-state index contributed by atoms with van der Waals surface area (Å²) in [7, 11) is 0. The highest BCUT2D eigenvalue weighted by Crippen LogP contribution is 2.41. The van der Waals surface area contributed by atoms with E-state index >= 15 is 0 Å². The molecule has 1 fully saturated rings. The third-order valence-corrected chi connectivity index (χ3v) is 7.03. The molecule has 0 spiro atoms. The molecule has 1 amide bonds. The van der Waals surface area contributed by atoms with Crippen molar-refractivity contribution < 1.29 is 4.79 Å². The molecule has 160 valence electrons. The van der Waals surface area contributed by atoms with Crippen LogP contribution in [0.1, 0.15) is 44.2 Å². The van der Waals surface area contributed by atoms with Crippen LogP contribution in [0.5, 0.6) is 0 Å². The van der Waals surface area contributed by atoms with Gasteiger partial charge < -0.3 is 5.32 Å². The molecule has 5 nitrogen and oxygen atoms in total. The summed E-state index contributed by atoms with van der Waals surface area (Å²) in [6.07, 6.45) is 12.0. The maximum atomic E-state index is 11.8. The van der Waals surface area contributed by atoms with Gasteiger partial charge in [0.2, 0.25) is 5.91 Å². The minimum Gasteiger partial charge on any atom is -0.315 e. The molecule has 5 heteroatoms. The van der Waals surface area contributed by atoms with Crippen LogP contribution in [0.2, 0.25) is 0 Å². The fraction of sp³-hybridized carbons (Fsp3) is 0.385. The van der Waals surface area contributed by atoms with Crippen LogP contribution < -0.4 is 10.7 Å². The number of hydrazone groups is 1. The van der Waals surface area contributed by atoms with Gasteiger partial charge in [-0.2, -0.15) is 5.10 Å². The molecule has 0 bridgehead atoms. The van der Waals surface area contributed by atoms with Crippen molar-refractivity contribution in [3.05, 3.63) is 72.3 Å². The van der Waals surface area contributed by atoms with E-state index in [1.165, 1.54) is 16.3 Å². The van der Waals surface area contributed by atoms with E-state index in [9.17, 15) is 4.79 Å². The minimum atomic E-state index is -0.338. The molecule has 2 N–H and O–H groups in total. The Morgan fingerprint density at radius 3 is 2.74 bits per heavy atom. The number of carbonyl (C=O) groups excluding carboxylic acids is 1. The molecule has 0 radical (unpaired) electrons. The van der Waals surface area contributed by atoms with Crippen molar-refractivity contribution in [2.24, 2.45) is 5.10 Å². The summed E-state index contributed by atoms with van der Waals surface area (Å²) in [5.41, 5.74) is 4.82. The predicted octanol–water partition coefficient (Wildman–Crippen LogP) is 4.09. The Hall–Kier alpha value is -2.76. The lowest BCUT2D eigenvalue weighted by atomic mass is 9.78. The maximum Gasteiger partial charge on any atom is 0.240 e. The van der Waals surface area contributed by atoms with E-state index < -0.39 is 0 Å². The zero-order valence-corrected chi connectivity index (χ0v) is 18.1. The molecule has 31 heavy (non-hydrogen) atoms. The van der Waals surface area contributed by atoms with Crippen molar-refractivity contribution in [2.45, 2.75) is 50.2 Å². The third-order valence-electron chi connectivity index (χ3n) is 7.03. The predicted molar refractivity (Wildman–Crippen MR) is 126 cm³/mol. The van der Waals surface area contributed by atoms with Crippen LogP contribution in [0.4, 0.5) is 0 Å². The Balaban J connectivity index is 1.65. The number of amides is 1. The Kier molecular flexibility index (Phi) is 5.47. The molecule has 3 aliphatic rings. The summed E-state index contributed by atoms with van der Waals surface area (Å²) in [5.74, 6) is 0.00501. The number of hydrogen-bond donors (Lipinski definition) is 2. The first-order chi connectivity index (χ1) is 15.2. The maximum absolute atomic E-state index is 11.8. The molecule has 0 saturated carbocycles. The van der Waals surface area contributed by atoms with Crippen molar-refractivity contribution in [1.29, 1.82) is 0 Å². The molecule has 2 aromatic rings. The molecule has 1 unspecified atom stereocenters. The average molecular weight is 415 g/mol. The molecule has 0 aromatic heterocycles. The summed E-state index contributed by atoms with van der Waals surface area (Å²) >= 11 is 0. The summed E-state index contributed by atoms with van der Waals surface area (Å²) in [4.78, 5) is 14.5. The third kappa shape index (κ3) is 3.62. The highest BCUT2D eigenvalue weighted by Gasteiger charge is 2.46. The number of carbonyl (C=O) groups is 1. The number of allylic oxidation sites excluding steroid dienone is 2. The number of fused-ring (bicyclic) bond motifs is 1. The van der Waals surface area contributed by atoms with E-state index in [1.807, 2.05) is 0 Å². The van der Waals surface area contributed by atoms with E-state index in [0.29, 0.717) is 18.9 Å². The first-order valence-electron chi connectivity index (χ1n) is 11.4. The van der Waals surface area contributed by atoms with Crippen molar-refractivity contribution in [1.82, 2.24) is 15.6 Å². The molecule has 1 saturated heterocycles. The lowest BCUT2D eigenvalue weighted by molar-refractivity contribution is -0.121. The highest BCUT2D eigenvalue weighted by atomic mass is 16.2. The Morgan fingerprint density at radius 2 is 2.00 bits per heavy atom. The van der Waals surface area contributed by atoms with Gasteiger partial charge in [0, 0.05) is 25.0 Å². The van der Waals surface area contributed by atoms with E-state index in [-0.39, 0.29) is 17.5 Å². The molecule has 5 rings (SSSR count). The van der Waals surface area contributed by atoms with Crippen LogP contribution in [-0.2, 0) is 4.79 Å². The van der Waals surface area contributed by atoms with Crippen molar-refractivity contribution in [3.8, 4) is 0 Å². The first kappa shape index (κ1) is 20.2. The monoisotopic (exact) mass is 414 g/mol. The quantitative estimate of drug-likeness (QED) is 0.775. The van der Waals surface area contributed by atoms with Gasteiger partial charge in [0.05, 0.1) is 11.3 Å². The Bertz CT molecular complexity index is 1060. The number of nitrogens with one attached hydrogen (secondary N) is 2. The fourth-order valence-corrected chi connectivity index (χ4v) is 5.58. The number of benzene rings is 2. The molecular formula is C26H30N4O. The first-order valence-corrected chi connectivity index (χ1v) is 11.4. The smallest absolute Gasteiger partial charge is 0.240 e. The molecular weight excluding hydrogens is 384 g/mol. The van der Waals surface area contributed by atoms with Crippen LogP contribution >= 0.6 is 0 Å². The second kappa shape index (κ2) is 8.40. The van der Waals surface area contributed by atoms with Crippen molar-refractivity contribution in [2.75, 3.05) is 13.1 Å². The molecule has 2 heterocycles. The Morgan fingerprint density at radius 1 is 1.13 bits per heavy atom. The van der Waals surface area contributed by atoms with Gasteiger partial charge in [-0.3, -0.25) is 9.69 Å². The van der Waals surface area contributed by atoms with Crippen LogP contribution in [0.3, 0.4) is 0 Å². The summed E-state index contributed by atoms with van der Waals surface area (Å²) < 4.78 is 0. The van der Waals surface area contributed by atoms with Crippen molar-refractivity contribution in [3.63, 3.8) is 0 Å². The zero-order valence-electron chi connectivity index (χ0n) is 18.1. The van der Waals surface area contributed by atoms with Crippen LogP contribution in [0, 0.1) is 0 Å². The summed E-state index contributed by atoms with van der Waals surface area (Å²) in [6, 6.07) is 15.8. The van der Waals surface area contributed by atoms with Crippen LogP contribution in [0.15, 0.2) is 71.9 Å². The lowest BCUT2D eigenvalue weighted by Crippen LogP contribution is -2.60. The van der Waals surface area contributed by atoms with Gasteiger partial charge in [-0.25, -0.2) is 5.43 Å². The van der Waals surface area contributed by atoms with E-state index in [4.69, 9.17) is 0 Å². The molecule has 3 atom stereocenters. The van der Waals surface area contributed by atoms with E-state index in [2.05, 4.69) is 94.4 Å². The molecule has 2 aliphatic heterocycles. The normalized spacial score (nSPS) is 26.8. The van der Waals surface area contributed by atoms with Crippen LogP contribution in [-0.4, -0.2) is 41.2 Å². The van der Waals surface area contributed by atoms with Gasteiger partial charge in [-0.1, -0.05) is 66.8 Å². The lowest BCUT2D eigenvalue weighted by Gasteiger charge is -2.50. The fourth-order valence-electron chi connectivity index (χ4n) is 5.58. The van der Waals surface area contributed by atoms with Crippen LogP contribution in [0.25, 0.3) is 10.8 Å².